The Morgan fingerprint density at radius 3 is 2.63 bits per heavy atom. The van der Waals surface area contributed by atoms with Crippen LogP contribution in [-0.2, 0) is 11.3 Å². The summed E-state index contributed by atoms with van der Waals surface area (Å²) in [5, 5.41) is 8.97. The Morgan fingerprint density at radius 1 is 1.37 bits per heavy atom. The first-order valence-corrected chi connectivity index (χ1v) is 6.47. The van der Waals surface area contributed by atoms with E-state index in [0.29, 0.717) is 19.7 Å². The molecule has 0 radical (unpaired) electrons. The number of carbonyl (C=O) groups excluding carboxylic acids is 1. The summed E-state index contributed by atoms with van der Waals surface area (Å²) in [6.45, 7) is 4.98. The largest absolute Gasteiger partial charge is 0.450 e. The van der Waals surface area contributed by atoms with E-state index in [1.165, 1.54) is 0 Å². The second-order valence-corrected chi connectivity index (χ2v) is 4.36. The quantitative estimate of drug-likeness (QED) is 0.877. The smallest absolute Gasteiger partial charge is 0.409 e. The normalized spacial score (nSPS) is 15.5. The molecular formula is C13H19N3O3. The number of hydrogen-bond donors (Lipinski definition) is 1. The molecule has 0 atom stereocenters. The van der Waals surface area contributed by atoms with Crippen molar-refractivity contribution in [2.75, 3.05) is 37.7 Å². The third-order valence-electron chi connectivity index (χ3n) is 3.12. The van der Waals surface area contributed by atoms with Gasteiger partial charge in [0.1, 0.15) is 5.82 Å². The number of pyridine rings is 1. The van der Waals surface area contributed by atoms with Crippen LogP contribution in [0.4, 0.5) is 10.6 Å². The van der Waals surface area contributed by atoms with Crippen LogP contribution in [-0.4, -0.2) is 53.9 Å². The lowest BCUT2D eigenvalue weighted by Crippen LogP contribution is -2.49. The fraction of sp³-hybridized carbons (Fsp3) is 0.538. The van der Waals surface area contributed by atoms with Gasteiger partial charge in [0.05, 0.1) is 13.2 Å². The zero-order valence-electron chi connectivity index (χ0n) is 11.1. The minimum Gasteiger partial charge on any atom is -0.450 e. The van der Waals surface area contributed by atoms with E-state index >= 15 is 0 Å². The Balaban J connectivity index is 1.90. The number of aliphatic hydroxyl groups is 1. The summed E-state index contributed by atoms with van der Waals surface area (Å²) in [6.07, 6.45) is 1.43. The lowest BCUT2D eigenvalue weighted by molar-refractivity contribution is 0.105. The van der Waals surface area contributed by atoms with E-state index in [2.05, 4.69) is 9.88 Å². The summed E-state index contributed by atoms with van der Waals surface area (Å²) in [7, 11) is 0. The number of nitrogens with zero attached hydrogens (tertiary/aromatic N) is 3. The molecule has 0 aromatic carbocycles. The van der Waals surface area contributed by atoms with Crippen molar-refractivity contribution in [3.8, 4) is 0 Å². The molecule has 0 bridgehead atoms. The van der Waals surface area contributed by atoms with Gasteiger partial charge in [-0.2, -0.15) is 0 Å². The van der Waals surface area contributed by atoms with Crippen molar-refractivity contribution in [2.45, 2.75) is 13.5 Å². The van der Waals surface area contributed by atoms with E-state index in [9.17, 15) is 4.79 Å². The van der Waals surface area contributed by atoms with E-state index in [1.54, 1.807) is 18.0 Å². The van der Waals surface area contributed by atoms with Gasteiger partial charge in [0.15, 0.2) is 0 Å². The first kappa shape index (κ1) is 13.6. The molecule has 1 amide bonds. The van der Waals surface area contributed by atoms with Crippen LogP contribution < -0.4 is 4.90 Å². The van der Waals surface area contributed by atoms with E-state index in [1.807, 2.05) is 12.1 Å². The zero-order chi connectivity index (χ0) is 13.7. The molecule has 0 saturated carbocycles. The van der Waals surface area contributed by atoms with Gasteiger partial charge in [0.25, 0.3) is 0 Å². The van der Waals surface area contributed by atoms with Crippen LogP contribution in [0, 0.1) is 0 Å². The summed E-state index contributed by atoms with van der Waals surface area (Å²) < 4.78 is 4.98. The van der Waals surface area contributed by atoms with Gasteiger partial charge in [-0.1, -0.05) is 6.07 Å². The third-order valence-corrected chi connectivity index (χ3v) is 3.12. The van der Waals surface area contributed by atoms with Gasteiger partial charge < -0.3 is 19.6 Å². The Morgan fingerprint density at radius 2 is 2.11 bits per heavy atom. The van der Waals surface area contributed by atoms with Crippen molar-refractivity contribution in [3.05, 3.63) is 23.9 Å². The Kier molecular flexibility index (Phi) is 4.57. The Labute approximate surface area is 112 Å². The molecule has 1 aliphatic heterocycles. The SMILES string of the molecule is CCOC(=O)N1CCN(c2ccc(CO)cn2)CC1. The number of piperazine rings is 1. The zero-order valence-corrected chi connectivity index (χ0v) is 11.1. The van der Waals surface area contributed by atoms with Crippen molar-refractivity contribution in [3.63, 3.8) is 0 Å². The summed E-state index contributed by atoms with van der Waals surface area (Å²) in [5.74, 6) is 0.876. The highest BCUT2D eigenvalue weighted by Gasteiger charge is 2.22. The van der Waals surface area contributed by atoms with Crippen LogP contribution >= 0.6 is 0 Å². The van der Waals surface area contributed by atoms with E-state index in [4.69, 9.17) is 9.84 Å². The predicted octanol–water partition coefficient (Wildman–Crippen LogP) is 0.852. The molecule has 2 heterocycles. The van der Waals surface area contributed by atoms with Gasteiger partial charge in [-0.25, -0.2) is 9.78 Å². The Bertz CT molecular complexity index is 414. The summed E-state index contributed by atoms with van der Waals surface area (Å²) in [4.78, 5) is 19.7. The number of carbonyl (C=O) groups is 1. The van der Waals surface area contributed by atoms with E-state index in [0.717, 1.165) is 24.5 Å². The first-order valence-electron chi connectivity index (χ1n) is 6.47. The summed E-state index contributed by atoms with van der Waals surface area (Å²) in [5.41, 5.74) is 0.800. The number of aromatic nitrogens is 1. The molecule has 1 aromatic rings. The van der Waals surface area contributed by atoms with Gasteiger partial charge in [0, 0.05) is 32.4 Å². The second-order valence-electron chi connectivity index (χ2n) is 4.36. The molecule has 0 spiro atoms. The summed E-state index contributed by atoms with van der Waals surface area (Å²) >= 11 is 0. The average molecular weight is 265 g/mol. The molecule has 1 aromatic heterocycles. The molecule has 6 nitrogen and oxygen atoms in total. The number of rotatable bonds is 3. The number of amides is 1. The number of aliphatic hydroxyl groups excluding tert-OH is 1. The number of hydrogen-bond acceptors (Lipinski definition) is 5. The lowest BCUT2D eigenvalue weighted by Gasteiger charge is -2.34. The fourth-order valence-corrected chi connectivity index (χ4v) is 2.03. The highest BCUT2D eigenvalue weighted by molar-refractivity contribution is 5.68. The van der Waals surface area contributed by atoms with E-state index < -0.39 is 0 Å². The van der Waals surface area contributed by atoms with E-state index in [-0.39, 0.29) is 12.7 Å². The van der Waals surface area contributed by atoms with Crippen molar-refractivity contribution in [2.24, 2.45) is 0 Å². The molecule has 1 fully saturated rings. The van der Waals surface area contributed by atoms with Crippen LogP contribution in [0.2, 0.25) is 0 Å². The molecule has 104 valence electrons. The highest BCUT2D eigenvalue weighted by Crippen LogP contribution is 2.14. The Hall–Kier alpha value is -1.82. The molecule has 6 heteroatoms. The molecule has 2 rings (SSSR count). The van der Waals surface area contributed by atoms with Crippen molar-refractivity contribution in [1.82, 2.24) is 9.88 Å². The standard InChI is InChI=1S/C13H19N3O3/c1-2-19-13(18)16-7-5-15(6-8-16)12-4-3-11(10-17)9-14-12/h3-4,9,17H,2,5-8,10H2,1H3. The fourth-order valence-electron chi connectivity index (χ4n) is 2.03. The van der Waals surface area contributed by atoms with Gasteiger partial charge in [0.2, 0.25) is 0 Å². The summed E-state index contributed by atoms with van der Waals surface area (Å²) in [6, 6.07) is 3.76. The van der Waals surface area contributed by atoms with Gasteiger partial charge in [-0.05, 0) is 18.6 Å². The highest BCUT2D eigenvalue weighted by atomic mass is 16.6. The maximum atomic E-state index is 11.6. The third kappa shape index (κ3) is 3.35. The van der Waals surface area contributed by atoms with Crippen LogP contribution in [0.1, 0.15) is 12.5 Å². The monoisotopic (exact) mass is 265 g/mol. The molecule has 0 unspecified atom stereocenters. The molecule has 19 heavy (non-hydrogen) atoms. The van der Waals surface area contributed by atoms with Gasteiger partial charge in [-0.3, -0.25) is 0 Å². The number of anilines is 1. The topological polar surface area (TPSA) is 65.9 Å². The minimum absolute atomic E-state index is 0.00389. The molecule has 1 aliphatic rings. The maximum Gasteiger partial charge on any atom is 0.409 e. The molecular weight excluding hydrogens is 246 g/mol. The lowest BCUT2D eigenvalue weighted by atomic mass is 10.2. The van der Waals surface area contributed by atoms with Crippen molar-refractivity contribution >= 4 is 11.9 Å². The molecule has 0 aliphatic carbocycles. The van der Waals surface area contributed by atoms with Crippen LogP contribution in [0.3, 0.4) is 0 Å². The van der Waals surface area contributed by atoms with Gasteiger partial charge in [-0.15, -0.1) is 0 Å². The van der Waals surface area contributed by atoms with Crippen LogP contribution in [0.25, 0.3) is 0 Å². The first-order chi connectivity index (χ1) is 9.24. The minimum atomic E-state index is -0.245. The van der Waals surface area contributed by atoms with Crippen molar-refractivity contribution < 1.29 is 14.6 Å². The molecule has 1 saturated heterocycles. The molecule has 1 N–H and O–H groups in total. The maximum absolute atomic E-state index is 11.6. The van der Waals surface area contributed by atoms with Crippen LogP contribution in [0.5, 0.6) is 0 Å². The van der Waals surface area contributed by atoms with Crippen LogP contribution in [0.15, 0.2) is 18.3 Å². The predicted molar refractivity (Wildman–Crippen MR) is 71.0 cm³/mol. The van der Waals surface area contributed by atoms with Crippen molar-refractivity contribution in [1.29, 1.82) is 0 Å². The second kappa shape index (κ2) is 6.38. The average Bonchev–Trinajstić information content (AvgIpc) is 2.48. The number of ether oxygens (including phenoxy) is 1. The van der Waals surface area contributed by atoms with Gasteiger partial charge >= 0.3 is 6.09 Å².